The van der Waals surface area contributed by atoms with E-state index >= 15 is 0 Å². The Morgan fingerprint density at radius 1 is 1.73 bits per heavy atom. The summed E-state index contributed by atoms with van der Waals surface area (Å²) in [6, 6.07) is 0. The summed E-state index contributed by atoms with van der Waals surface area (Å²) in [6.07, 6.45) is 5.27. The molecule has 0 bridgehead atoms. The van der Waals surface area contributed by atoms with Gasteiger partial charge < -0.3 is 9.52 Å². The van der Waals surface area contributed by atoms with Crippen molar-refractivity contribution in [2.75, 3.05) is 12.4 Å². The highest BCUT2D eigenvalue weighted by atomic mass is 32.2. The summed E-state index contributed by atoms with van der Waals surface area (Å²) in [5.74, 6) is 2.95. The predicted molar refractivity (Wildman–Crippen MR) is 61.2 cm³/mol. The molecule has 1 aromatic heterocycles. The fourth-order valence-corrected chi connectivity index (χ4v) is 3.00. The van der Waals surface area contributed by atoms with E-state index in [2.05, 4.69) is 4.98 Å². The number of oxazole rings is 1. The van der Waals surface area contributed by atoms with E-state index < -0.39 is 0 Å². The second kappa shape index (κ2) is 5.03. The molecule has 4 heteroatoms. The molecule has 3 nitrogen and oxygen atoms in total. The number of rotatable bonds is 4. The van der Waals surface area contributed by atoms with Crippen LogP contribution >= 0.6 is 11.8 Å². The molecule has 1 N–H and O–H groups in total. The highest BCUT2D eigenvalue weighted by Crippen LogP contribution is 2.29. The van der Waals surface area contributed by atoms with Crippen molar-refractivity contribution in [3.05, 3.63) is 17.8 Å². The molecule has 1 aliphatic rings. The molecule has 1 fully saturated rings. The maximum absolute atomic E-state index is 8.99. The van der Waals surface area contributed by atoms with Gasteiger partial charge in [0.1, 0.15) is 5.76 Å². The van der Waals surface area contributed by atoms with Crippen LogP contribution in [0.1, 0.15) is 37.3 Å². The van der Waals surface area contributed by atoms with Crippen LogP contribution in [-0.4, -0.2) is 27.7 Å². The van der Waals surface area contributed by atoms with E-state index in [-0.39, 0.29) is 12.5 Å². The molecule has 15 heavy (non-hydrogen) atoms. The highest BCUT2D eigenvalue weighted by Gasteiger charge is 2.19. The molecule has 0 saturated carbocycles. The van der Waals surface area contributed by atoms with Gasteiger partial charge in [0.25, 0.3) is 0 Å². The second-order valence-electron chi connectivity index (χ2n) is 4.08. The Labute approximate surface area is 94.3 Å². The lowest BCUT2D eigenvalue weighted by Gasteiger charge is -2.04. The third kappa shape index (κ3) is 2.75. The Bertz CT molecular complexity index is 307. The van der Waals surface area contributed by atoms with E-state index in [4.69, 9.17) is 9.52 Å². The topological polar surface area (TPSA) is 46.3 Å². The zero-order chi connectivity index (χ0) is 10.7. The van der Waals surface area contributed by atoms with Gasteiger partial charge in [0.05, 0.1) is 12.8 Å². The Hall–Kier alpha value is -0.480. The number of hydrogen-bond donors (Lipinski definition) is 1. The maximum Gasteiger partial charge on any atom is 0.195 e. The molecule has 2 rings (SSSR count). The average Bonchev–Trinajstić information content (AvgIpc) is 2.88. The van der Waals surface area contributed by atoms with Crippen molar-refractivity contribution in [2.24, 2.45) is 0 Å². The summed E-state index contributed by atoms with van der Waals surface area (Å²) >= 11 is 2.01. The number of nitrogens with zero attached hydrogens (tertiary/aromatic N) is 1. The first-order valence-electron chi connectivity index (χ1n) is 5.46. The number of thioether (sulfide) groups is 1. The quantitative estimate of drug-likeness (QED) is 0.856. The minimum absolute atomic E-state index is 0.0579. The van der Waals surface area contributed by atoms with Gasteiger partial charge in [0.15, 0.2) is 5.89 Å². The van der Waals surface area contributed by atoms with Crippen LogP contribution in [0.5, 0.6) is 0 Å². The number of hydrogen-bond acceptors (Lipinski definition) is 4. The van der Waals surface area contributed by atoms with Crippen LogP contribution in [0, 0.1) is 0 Å². The molecule has 2 atom stereocenters. The lowest BCUT2D eigenvalue weighted by Crippen LogP contribution is -2.01. The number of aliphatic hydroxyl groups excluding tert-OH is 1. The predicted octanol–water partition coefficient (Wildman–Crippen LogP) is 2.21. The van der Waals surface area contributed by atoms with E-state index in [1.807, 2.05) is 18.7 Å². The lowest BCUT2D eigenvalue weighted by atomic mass is 10.1. The molecule has 0 radical (unpaired) electrons. The van der Waals surface area contributed by atoms with Gasteiger partial charge in [-0.15, -0.1) is 0 Å². The standard InChI is InChI=1S/C11H17NO2S/c1-8(7-13)10-6-12-11(14-10)5-9-3-2-4-15-9/h6,8-9,13H,2-5,7H2,1H3. The molecule has 0 amide bonds. The van der Waals surface area contributed by atoms with Gasteiger partial charge >= 0.3 is 0 Å². The first kappa shape index (κ1) is 11.0. The molecule has 2 heterocycles. The van der Waals surface area contributed by atoms with Crippen molar-refractivity contribution in [3.63, 3.8) is 0 Å². The van der Waals surface area contributed by atoms with E-state index in [1.165, 1.54) is 18.6 Å². The van der Waals surface area contributed by atoms with Gasteiger partial charge in [-0.2, -0.15) is 11.8 Å². The van der Waals surface area contributed by atoms with Crippen molar-refractivity contribution < 1.29 is 9.52 Å². The van der Waals surface area contributed by atoms with Crippen LogP contribution in [0.15, 0.2) is 10.6 Å². The molecular formula is C11H17NO2S. The molecule has 1 saturated heterocycles. The first-order valence-corrected chi connectivity index (χ1v) is 6.51. The molecule has 84 valence electrons. The van der Waals surface area contributed by atoms with E-state index in [0.717, 1.165) is 18.1 Å². The molecule has 0 spiro atoms. The Balaban J connectivity index is 1.94. The first-order chi connectivity index (χ1) is 7.29. The summed E-state index contributed by atoms with van der Waals surface area (Å²) in [4.78, 5) is 4.26. The van der Waals surface area contributed by atoms with Gasteiger partial charge in [0.2, 0.25) is 0 Å². The summed E-state index contributed by atoms with van der Waals surface area (Å²) in [6.45, 7) is 2.06. The average molecular weight is 227 g/mol. The molecule has 0 aromatic carbocycles. The Morgan fingerprint density at radius 2 is 2.60 bits per heavy atom. The minimum Gasteiger partial charge on any atom is -0.445 e. The molecule has 2 unspecified atom stereocenters. The summed E-state index contributed by atoms with van der Waals surface area (Å²) in [5, 5.41) is 9.67. The number of aromatic nitrogens is 1. The Kier molecular flexibility index (Phi) is 3.70. The van der Waals surface area contributed by atoms with Crippen LogP contribution in [-0.2, 0) is 6.42 Å². The summed E-state index contributed by atoms with van der Waals surface area (Å²) in [7, 11) is 0. The van der Waals surface area contributed by atoms with Crippen LogP contribution in [0.4, 0.5) is 0 Å². The van der Waals surface area contributed by atoms with Crippen LogP contribution in [0.25, 0.3) is 0 Å². The van der Waals surface area contributed by atoms with Gasteiger partial charge in [-0.05, 0) is 18.6 Å². The SMILES string of the molecule is CC(CO)c1cnc(CC2CCCS2)o1. The van der Waals surface area contributed by atoms with Crippen LogP contribution in [0.2, 0.25) is 0 Å². The zero-order valence-electron chi connectivity index (χ0n) is 8.98. The second-order valence-corrected chi connectivity index (χ2v) is 5.49. The van der Waals surface area contributed by atoms with Gasteiger partial charge in [0, 0.05) is 17.6 Å². The molecular weight excluding hydrogens is 210 g/mol. The maximum atomic E-state index is 8.99. The van der Waals surface area contributed by atoms with Crippen molar-refractivity contribution >= 4 is 11.8 Å². The normalized spacial score (nSPS) is 23.2. The van der Waals surface area contributed by atoms with Crippen molar-refractivity contribution in [1.29, 1.82) is 0 Å². The third-order valence-corrected chi connectivity index (χ3v) is 4.16. The van der Waals surface area contributed by atoms with Gasteiger partial charge in [-0.3, -0.25) is 0 Å². The summed E-state index contributed by atoms with van der Waals surface area (Å²) in [5.41, 5.74) is 0. The fraction of sp³-hybridized carbons (Fsp3) is 0.727. The largest absolute Gasteiger partial charge is 0.445 e. The monoisotopic (exact) mass is 227 g/mol. The van der Waals surface area contributed by atoms with Crippen molar-refractivity contribution in [3.8, 4) is 0 Å². The number of aliphatic hydroxyl groups is 1. The van der Waals surface area contributed by atoms with E-state index in [0.29, 0.717) is 5.25 Å². The zero-order valence-corrected chi connectivity index (χ0v) is 9.80. The van der Waals surface area contributed by atoms with E-state index in [9.17, 15) is 0 Å². The third-order valence-electron chi connectivity index (χ3n) is 2.76. The van der Waals surface area contributed by atoms with Crippen molar-refractivity contribution in [1.82, 2.24) is 4.98 Å². The van der Waals surface area contributed by atoms with Gasteiger partial charge in [-0.1, -0.05) is 6.92 Å². The lowest BCUT2D eigenvalue weighted by molar-refractivity contribution is 0.255. The van der Waals surface area contributed by atoms with Crippen LogP contribution < -0.4 is 0 Å². The van der Waals surface area contributed by atoms with E-state index in [1.54, 1.807) is 6.20 Å². The minimum atomic E-state index is 0.0579. The van der Waals surface area contributed by atoms with Crippen molar-refractivity contribution in [2.45, 2.75) is 37.4 Å². The van der Waals surface area contributed by atoms with Gasteiger partial charge in [-0.25, -0.2) is 4.98 Å². The summed E-state index contributed by atoms with van der Waals surface area (Å²) < 4.78 is 5.61. The molecule has 1 aliphatic heterocycles. The molecule has 1 aromatic rings. The molecule has 0 aliphatic carbocycles. The fourth-order valence-electron chi connectivity index (χ4n) is 1.74. The Morgan fingerprint density at radius 3 is 3.27 bits per heavy atom. The van der Waals surface area contributed by atoms with Crippen LogP contribution in [0.3, 0.4) is 0 Å². The smallest absolute Gasteiger partial charge is 0.195 e. The highest BCUT2D eigenvalue weighted by molar-refractivity contribution is 8.00.